The van der Waals surface area contributed by atoms with Crippen LogP contribution >= 0.6 is 22.9 Å². The second-order valence-electron chi connectivity index (χ2n) is 4.02. The van der Waals surface area contributed by atoms with E-state index in [0.717, 1.165) is 16.9 Å². The highest BCUT2D eigenvalue weighted by Crippen LogP contribution is 2.23. The number of carbonyl (C=O) groups is 1. The number of rotatable bonds is 4. The molecule has 0 amide bonds. The summed E-state index contributed by atoms with van der Waals surface area (Å²) in [5.74, 6) is 0.317. The van der Waals surface area contributed by atoms with Crippen LogP contribution in [-0.4, -0.2) is 22.4 Å². The Morgan fingerprint density at radius 1 is 1.59 bits per heavy atom. The van der Waals surface area contributed by atoms with Gasteiger partial charge in [-0.25, -0.2) is 4.79 Å². The van der Waals surface area contributed by atoms with Crippen molar-refractivity contribution in [3.8, 4) is 0 Å². The monoisotopic (exact) mass is 271 g/mol. The van der Waals surface area contributed by atoms with Gasteiger partial charge in [0, 0.05) is 29.6 Å². The Hall–Kier alpha value is -1.000. The van der Waals surface area contributed by atoms with Gasteiger partial charge < -0.3 is 9.14 Å². The second-order valence-corrected chi connectivity index (χ2v) is 5.26. The number of nitrogens with zero attached hydrogens (tertiary/aromatic N) is 1. The van der Waals surface area contributed by atoms with E-state index in [1.165, 1.54) is 0 Å². The first-order chi connectivity index (χ1) is 8.13. The first-order valence-corrected chi connectivity index (χ1v) is 6.89. The molecule has 0 unspecified atom stereocenters. The van der Waals surface area contributed by atoms with Crippen LogP contribution in [0.25, 0.3) is 4.83 Å². The van der Waals surface area contributed by atoms with Gasteiger partial charge in [0.25, 0.3) is 0 Å². The van der Waals surface area contributed by atoms with Gasteiger partial charge in [-0.3, -0.25) is 0 Å². The van der Waals surface area contributed by atoms with Crippen LogP contribution in [0.2, 0.25) is 0 Å². The summed E-state index contributed by atoms with van der Waals surface area (Å²) in [6, 6.07) is 1.80. The minimum Gasteiger partial charge on any atom is -0.459 e. The van der Waals surface area contributed by atoms with Gasteiger partial charge in [-0.1, -0.05) is 0 Å². The molecule has 17 heavy (non-hydrogen) atoms. The molecule has 0 N–H and O–H groups in total. The summed E-state index contributed by atoms with van der Waals surface area (Å²) >= 11 is 7.28. The average molecular weight is 272 g/mol. The lowest BCUT2D eigenvalue weighted by molar-refractivity contribution is 0.0380. The van der Waals surface area contributed by atoms with E-state index in [2.05, 4.69) is 0 Å². The fourth-order valence-electron chi connectivity index (χ4n) is 1.65. The van der Waals surface area contributed by atoms with Crippen molar-refractivity contribution in [2.75, 3.05) is 5.88 Å². The maximum Gasteiger partial charge on any atom is 0.341 e. The Morgan fingerprint density at radius 2 is 2.35 bits per heavy atom. The largest absolute Gasteiger partial charge is 0.459 e. The molecule has 0 aliphatic rings. The van der Waals surface area contributed by atoms with Crippen LogP contribution in [0.5, 0.6) is 0 Å². The van der Waals surface area contributed by atoms with E-state index in [0.29, 0.717) is 11.4 Å². The summed E-state index contributed by atoms with van der Waals surface area (Å²) in [4.78, 5) is 12.8. The molecule has 2 rings (SSSR count). The zero-order valence-electron chi connectivity index (χ0n) is 9.77. The van der Waals surface area contributed by atoms with E-state index >= 15 is 0 Å². The fourth-order valence-corrected chi connectivity index (χ4v) is 2.90. The number of ether oxygens (including phenoxy) is 1. The van der Waals surface area contributed by atoms with E-state index < -0.39 is 0 Å². The van der Waals surface area contributed by atoms with Gasteiger partial charge in [0.2, 0.25) is 0 Å². The van der Waals surface area contributed by atoms with Crippen LogP contribution in [0.15, 0.2) is 17.6 Å². The molecule has 0 saturated carbocycles. The van der Waals surface area contributed by atoms with Crippen molar-refractivity contribution in [3.05, 3.63) is 28.9 Å². The molecule has 2 heterocycles. The maximum absolute atomic E-state index is 11.8. The van der Waals surface area contributed by atoms with Crippen molar-refractivity contribution < 1.29 is 9.53 Å². The number of hydrogen-bond donors (Lipinski definition) is 0. The highest BCUT2D eigenvalue weighted by molar-refractivity contribution is 7.16. The number of thiazole rings is 1. The van der Waals surface area contributed by atoms with Crippen LogP contribution < -0.4 is 0 Å². The third-order valence-electron chi connectivity index (χ3n) is 2.37. The Labute approximate surface area is 109 Å². The molecule has 0 radical (unpaired) electrons. The summed E-state index contributed by atoms with van der Waals surface area (Å²) in [6.45, 7) is 3.69. The molecule has 5 heteroatoms. The van der Waals surface area contributed by atoms with Gasteiger partial charge in [0.15, 0.2) is 0 Å². The Kier molecular flexibility index (Phi) is 3.74. The number of esters is 1. The normalized spacial score (nSPS) is 11.3. The average Bonchev–Trinajstić information content (AvgIpc) is 2.80. The minimum absolute atomic E-state index is 0.0975. The third-order valence-corrected chi connectivity index (χ3v) is 3.59. The summed E-state index contributed by atoms with van der Waals surface area (Å²) in [6.07, 6.45) is 2.60. The smallest absolute Gasteiger partial charge is 0.341 e. The van der Waals surface area contributed by atoms with E-state index in [-0.39, 0.29) is 12.1 Å². The van der Waals surface area contributed by atoms with Gasteiger partial charge in [-0.15, -0.1) is 22.9 Å². The summed E-state index contributed by atoms with van der Waals surface area (Å²) < 4.78 is 7.20. The molecule has 0 saturated heterocycles. The molecule has 2 aromatic rings. The molecule has 0 aromatic carbocycles. The van der Waals surface area contributed by atoms with Gasteiger partial charge in [-0.2, -0.15) is 0 Å². The quantitative estimate of drug-likeness (QED) is 0.631. The number of hydrogen-bond acceptors (Lipinski definition) is 3. The Bertz CT molecular complexity index is 530. The standard InChI is InChI=1S/C12H14ClNO2S/c1-8(2)16-12(15)10-4-6-14-9(3-5-13)7-17-11(10)14/h4,6-8H,3,5H2,1-2H3. The van der Waals surface area contributed by atoms with Crippen molar-refractivity contribution in [3.63, 3.8) is 0 Å². The van der Waals surface area contributed by atoms with Gasteiger partial charge >= 0.3 is 5.97 Å². The zero-order valence-corrected chi connectivity index (χ0v) is 11.3. The molecule has 0 aliphatic heterocycles. The first-order valence-electron chi connectivity index (χ1n) is 5.48. The maximum atomic E-state index is 11.8. The molecule has 92 valence electrons. The zero-order chi connectivity index (χ0) is 12.4. The highest BCUT2D eigenvalue weighted by Gasteiger charge is 2.16. The summed E-state index contributed by atoms with van der Waals surface area (Å²) in [5, 5.41) is 2.03. The lowest BCUT2D eigenvalue weighted by Crippen LogP contribution is -2.10. The van der Waals surface area contributed by atoms with Crippen LogP contribution in [-0.2, 0) is 11.2 Å². The molecule has 2 aromatic heterocycles. The van der Waals surface area contributed by atoms with Crippen molar-refractivity contribution in [2.45, 2.75) is 26.4 Å². The van der Waals surface area contributed by atoms with E-state index in [4.69, 9.17) is 16.3 Å². The number of carbonyl (C=O) groups excluding carboxylic acids is 1. The van der Waals surface area contributed by atoms with Gasteiger partial charge in [-0.05, 0) is 19.9 Å². The molecule has 0 fully saturated rings. The second kappa shape index (κ2) is 5.10. The summed E-state index contributed by atoms with van der Waals surface area (Å²) in [5.41, 5.74) is 1.76. The highest BCUT2D eigenvalue weighted by atomic mass is 35.5. The van der Waals surface area contributed by atoms with Crippen LogP contribution in [0.4, 0.5) is 0 Å². The van der Waals surface area contributed by atoms with Crippen molar-refractivity contribution in [2.24, 2.45) is 0 Å². The number of aryl methyl sites for hydroxylation is 1. The van der Waals surface area contributed by atoms with Crippen molar-refractivity contribution in [1.82, 2.24) is 4.40 Å². The molecular weight excluding hydrogens is 258 g/mol. The molecule has 0 spiro atoms. The summed E-state index contributed by atoms with van der Waals surface area (Å²) in [7, 11) is 0. The molecule has 0 bridgehead atoms. The molecule has 3 nitrogen and oxygen atoms in total. The SMILES string of the molecule is CC(C)OC(=O)c1ccn2c(CCCl)csc12. The predicted octanol–water partition coefficient (Wildman–Crippen LogP) is 3.35. The molecular formula is C12H14ClNO2S. The molecule has 0 atom stereocenters. The van der Waals surface area contributed by atoms with Gasteiger partial charge in [0.05, 0.1) is 11.7 Å². The number of alkyl halides is 1. The van der Waals surface area contributed by atoms with E-state index in [9.17, 15) is 4.79 Å². The topological polar surface area (TPSA) is 30.7 Å². The fraction of sp³-hybridized carbons (Fsp3) is 0.417. The molecule has 0 aliphatic carbocycles. The van der Waals surface area contributed by atoms with Crippen molar-refractivity contribution >= 4 is 33.7 Å². The van der Waals surface area contributed by atoms with E-state index in [1.807, 2.05) is 29.8 Å². The predicted molar refractivity (Wildman–Crippen MR) is 70.2 cm³/mol. The van der Waals surface area contributed by atoms with Crippen LogP contribution in [0.3, 0.4) is 0 Å². The van der Waals surface area contributed by atoms with Crippen molar-refractivity contribution in [1.29, 1.82) is 0 Å². The number of halogens is 1. The van der Waals surface area contributed by atoms with E-state index in [1.54, 1.807) is 17.4 Å². The first kappa shape index (κ1) is 12.5. The minimum atomic E-state index is -0.262. The van der Waals surface area contributed by atoms with Crippen LogP contribution in [0.1, 0.15) is 29.9 Å². The number of fused-ring (bicyclic) bond motifs is 1. The number of aromatic nitrogens is 1. The van der Waals surface area contributed by atoms with Gasteiger partial charge in [0.1, 0.15) is 4.83 Å². The Balaban J connectivity index is 2.33. The Morgan fingerprint density at radius 3 is 3.00 bits per heavy atom. The van der Waals surface area contributed by atoms with Crippen LogP contribution in [0, 0.1) is 0 Å². The lowest BCUT2D eigenvalue weighted by atomic mass is 10.3. The third kappa shape index (κ3) is 2.48. The lowest BCUT2D eigenvalue weighted by Gasteiger charge is -2.05.